The zero-order valence-corrected chi connectivity index (χ0v) is 13.1. The van der Waals surface area contributed by atoms with Crippen molar-refractivity contribution in [3.63, 3.8) is 0 Å². The third-order valence-corrected chi connectivity index (χ3v) is 5.65. The standard InChI is InChI=1S/C11H14BrClN2O2S/c1-11(4-2-3-5-11)15-18(16,17)9-6-8(12)7-14-10(9)13/h6-7,15H,2-5H2,1H3. The van der Waals surface area contributed by atoms with Crippen molar-refractivity contribution in [3.05, 3.63) is 21.9 Å². The Morgan fingerprint density at radius 2 is 2.06 bits per heavy atom. The second-order valence-electron chi connectivity index (χ2n) is 4.82. The van der Waals surface area contributed by atoms with Crippen LogP contribution in [0.4, 0.5) is 0 Å². The van der Waals surface area contributed by atoms with Gasteiger partial charge in [0.1, 0.15) is 10.0 Å². The summed E-state index contributed by atoms with van der Waals surface area (Å²) in [5.74, 6) is 0. The fourth-order valence-electron chi connectivity index (χ4n) is 2.23. The monoisotopic (exact) mass is 352 g/mol. The molecule has 100 valence electrons. The first-order valence-electron chi connectivity index (χ1n) is 5.67. The Morgan fingerprint density at radius 1 is 1.44 bits per heavy atom. The second kappa shape index (κ2) is 5.07. The maximum Gasteiger partial charge on any atom is 0.244 e. The van der Waals surface area contributed by atoms with Gasteiger partial charge < -0.3 is 0 Å². The van der Waals surface area contributed by atoms with E-state index in [0.717, 1.165) is 25.7 Å². The van der Waals surface area contributed by atoms with Gasteiger partial charge in [-0.3, -0.25) is 0 Å². The zero-order valence-electron chi connectivity index (χ0n) is 9.91. The van der Waals surface area contributed by atoms with Crippen LogP contribution < -0.4 is 4.72 Å². The molecule has 1 aromatic heterocycles. The fourth-order valence-corrected chi connectivity index (χ4v) is 4.64. The van der Waals surface area contributed by atoms with Gasteiger partial charge in [0.2, 0.25) is 10.0 Å². The van der Waals surface area contributed by atoms with Crippen LogP contribution in [0.2, 0.25) is 5.15 Å². The first-order valence-corrected chi connectivity index (χ1v) is 8.33. The predicted molar refractivity (Wildman–Crippen MR) is 74.1 cm³/mol. The molecular weight excluding hydrogens is 340 g/mol. The minimum atomic E-state index is -3.63. The molecule has 2 rings (SSSR count). The van der Waals surface area contributed by atoms with E-state index >= 15 is 0 Å². The molecule has 18 heavy (non-hydrogen) atoms. The van der Waals surface area contributed by atoms with Crippen LogP contribution in [-0.4, -0.2) is 18.9 Å². The van der Waals surface area contributed by atoms with Crippen molar-refractivity contribution in [3.8, 4) is 0 Å². The van der Waals surface area contributed by atoms with Gasteiger partial charge in [-0.05, 0) is 41.8 Å². The number of hydrogen-bond acceptors (Lipinski definition) is 3. The van der Waals surface area contributed by atoms with Crippen molar-refractivity contribution in [2.24, 2.45) is 0 Å². The van der Waals surface area contributed by atoms with Crippen molar-refractivity contribution in [2.45, 2.75) is 43.0 Å². The van der Waals surface area contributed by atoms with Gasteiger partial charge in [-0.1, -0.05) is 24.4 Å². The Morgan fingerprint density at radius 3 is 2.67 bits per heavy atom. The van der Waals surface area contributed by atoms with Gasteiger partial charge in [0.15, 0.2) is 0 Å². The number of sulfonamides is 1. The van der Waals surface area contributed by atoms with Gasteiger partial charge in [0.25, 0.3) is 0 Å². The van der Waals surface area contributed by atoms with Crippen LogP contribution in [0.3, 0.4) is 0 Å². The van der Waals surface area contributed by atoms with Gasteiger partial charge in [-0.2, -0.15) is 0 Å². The summed E-state index contributed by atoms with van der Waals surface area (Å²) in [5, 5.41) is -0.00713. The van der Waals surface area contributed by atoms with Crippen molar-refractivity contribution in [1.29, 1.82) is 0 Å². The summed E-state index contributed by atoms with van der Waals surface area (Å²) >= 11 is 9.06. The summed E-state index contributed by atoms with van der Waals surface area (Å²) in [6, 6.07) is 1.47. The quantitative estimate of drug-likeness (QED) is 0.849. The van der Waals surface area contributed by atoms with Gasteiger partial charge in [-0.25, -0.2) is 18.1 Å². The van der Waals surface area contributed by atoms with Gasteiger partial charge in [0.05, 0.1) is 0 Å². The normalized spacial score (nSPS) is 19.1. The van der Waals surface area contributed by atoms with Crippen molar-refractivity contribution in [1.82, 2.24) is 9.71 Å². The van der Waals surface area contributed by atoms with E-state index in [2.05, 4.69) is 25.6 Å². The largest absolute Gasteiger partial charge is 0.244 e. The summed E-state index contributed by atoms with van der Waals surface area (Å²) in [6.45, 7) is 1.93. The van der Waals surface area contributed by atoms with Crippen molar-refractivity contribution in [2.75, 3.05) is 0 Å². The summed E-state index contributed by atoms with van der Waals surface area (Å²) in [6.07, 6.45) is 5.27. The Bertz CT molecular complexity index is 556. The maximum atomic E-state index is 12.3. The number of nitrogens with zero attached hydrogens (tertiary/aromatic N) is 1. The minimum absolute atomic E-state index is 0.00713. The van der Waals surface area contributed by atoms with E-state index in [4.69, 9.17) is 11.6 Å². The smallest absolute Gasteiger partial charge is 0.242 e. The van der Waals surface area contributed by atoms with E-state index < -0.39 is 10.0 Å². The first-order chi connectivity index (χ1) is 8.32. The number of pyridine rings is 1. The third kappa shape index (κ3) is 3.04. The Balaban J connectivity index is 2.33. The highest BCUT2D eigenvalue weighted by molar-refractivity contribution is 9.10. The molecule has 1 aromatic rings. The van der Waals surface area contributed by atoms with Gasteiger partial charge in [-0.15, -0.1) is 0 Å². The number of halogens is 2. The molecule has 1 aliphatic rings. The first kappa shape index (κ1) is 14.2. The molecule has 1 saturated carbocycles. The molecule has 0 amide bonds. The lowest BCUT2D eigenvalue weighted by Gasteiger charge is -2.25. The van der Waals surface area contributed by atoms with Gasteiger partial charge in [0, 0.05) is 16.2 Å². The summed E-state index contributed by atoms with van der Waals surface area (Å²) in [7, 11) is -3.63. The Labute approximate surface area is 120 Å². The summed E-state index contributed by atoms with van der Waals surface area (Å²) < 4.78 is 27.9. The number of aromatic nitrogens is 1. The highest BCUT2D eigenvalue weighted by Crippen LogP contribution is 2.32. The van der Waals surface area contributed by atoms with Crippen LogP contribution in [0.1, 0.15) is 32.6 Å². The average molecular weight is 354 g/mol. The van der Waals surface area contributed by atoms with Crippen LogP contribution in [0, 0.1) is 0 Å². The molecule has 1 heterocycles. The van der Waals surface area contributed by atoms with E-state index in [1.54, 1.807) is 0 Å². The van der Waals surface area contributed by atoms with E-state index in [1.807, 2.05) is 6.92 Å². The molecule has 0 aliphatic heterocycles. The van der Waals surface area contributed by atoms with Crippen LogP contribution in [0.25, 0.3) is 0 Å². The lowest BCUT2D eigenvalue weighted by molar-refractivity contribution is 0.427. The molecule has 4 nitrogen and oxygen atoms in total. The number of hydrogen-bond donors (Lipinski definition) is 1. The van der Waals surface area contributed by atoms with Crippen LogP contribution >= 0.6 is 27.5 Å². The third-order valence-electron chi connectivity index (χ3n) is 3.15. The highest BCUT2D eigenvalue weighted by Gasteiger charge is 2.34. The minimum Gasteiger partial charge on any atom is -0.242 e. The molecule has 1 N–H and O–H groups in total. The highest BCUT2D eigenvalue weighted by atomic mass is 79.9. The van der Waals surface area contributed by atoms with Crippen molar-refractivity contribution < 1.29 is 8.42 Å². The summed E-state index contributed by atoms with van der Waals surface area (Å²) in [5.41, 5.74) is -0.371. The van der Waals surface area contributed by atoms with E-state index in [1.165, 1.54) is 12.3 Å². The van der Waals surface area contributed by atoms with Crippen LogP contribution in [0.5, 0.6) is 0 Å². The SMILES string of the molecule is CC1(NS(=O)(=O)c2cc(Br)cnc2Cl)CCCC1. The van der Waals surface area contributed by atoms with E-state index in [-0.39, 0.29) is 15.6 Å². The molecule has 0 spiro atoms. The Hall–Kier alpha value is -0.170. The second-order valence-corrected chi connectivity index (χ2v) is 7.74. The topological polar surface area (TPSA) is 59.1 Å². The molecule has 0 saturated heterocycles. The number of nitrogens with one attached hydrogen (secondary N) is 1. The fraction of sp³-hybridized carbons (Fsp3) is 0.545. The predicted octanol–water partition coefficient (Wildman–Crippen LogP) is 3.11. The molecule has 0 aromatic carbocycles. The zero-order chi connectivity index (χ0) is 13.4. The van der Waals surface area contributed by atoms with E-state index in [0.29, 0.717) is 4.47 Å². The lowest BCUT2D eigenvalue weighted by Crippen LogP contribution is -2.43. The molecule has 1 fully saturated rings. The molecule has 0 unspecified atom stereocenters. The number of rotatable bonds is 3. The molecular formula is C11H14BrClN2O2S. The van der Waals surface area contributed by atoms with Crippen LogP contribution in [0.15, 0.2) is 21.6 Å². The van der Waals surface area contributed by atoms with E-state index in [9.17, 15) is 8.42 Å². The van der Waals surface area contributed by atoms with Gasteiger partial charge >= 0.3 is 0 Å². The van der Waals surface area contributed by atoms with Crippen LogP contribution in [-0.2, 0) is 10.0 Å². The lowest BCUT2D eigenvalue weighted by atomic mass is 10.0. The summed E-state index contributed by atoms with van der Waals surface area (Å²) in [4.78, 5) is 3.86. The van der Waals surface area contributed by atoms with Crippen molar-refractivity contribution >= 4 is 37.6 Å². The molecule has 1 aliphatic carbocycles. The Kier molecular flexibility index (Phi) is 4.02. The average Bonchev–Trinajstić information content (AvgIpc) is 2.67. The maximum absolute atomic E-state index is 12.3. The molecule has 7 heteroatoms. The molecule has 0 bridgehead atoms. The molecule has 0 atom stereocenters. The molecule has 0 radical (unpaired) electrons.